The Hall–Kier alpha value is -2.95. The molecule has 2 heterocycles. The standard InChI is InChI=1S/C19H16FN3O/c20-16-8-6-14(7-9-16)17-12-21-23-11-10-22(13-18(17)23)19(24)15-4-2-1-3-5-15/h1-9,12H,10-11,13H2. The van der Waals surface area contributed by atoms with Crippen LogP contribution >= 0.6 is 0 Å². The van der Waals surface area contributed by atoms with Gasteiger partial charge in [0.25, 0.3) is 5.91 Å². The average Bonchev–Trinajstić information content (AvgIpc) is 3.05. The van der Waals surface area contributed by atoms with Crippen LogP contribution in [0.4, 0.5) is 4.39 Å². The molecule has 1 amide bonds. The first-order valence-corrected chi connectivity index (χ1v) is 7.87. The van der Waals surface area contributed by atoms with Crippen LogP contribution in [-0.4, -0.2) is 27.1 Å². The van der Waals surface area contributed by atoms with Crippen LogP contribution in [0.3, 0.4) is 0 Å². The molecule has 1 aliphatic heterocycles. The molecule has 0 saturated heterocycles. The number of carbonyl (C=O) groups excluding carboxylic acids is 1. The van der Waals surface area contributed by atoms with Gasteiger partial charge < -0.3 is 4.90 Å². The molecule has 0 radical (unpaired) electrons. The van der Waals surface area contributed by atoms with Crippen molar-refractivity contribution in [2.75, 3.05) is 6.54 Å². The third kappa shape index (κ3) is 2.58. The van der Waals surface area contributed by atoms with Crippen LogP contribution in [0.5, 0.6) is 0 Å². The number of rotatable bonds is 2. The monoisotopic (exact) mass is 321 g/mol. The smallest absolute Gasteiger partial charge is 0.254 e. The normalized spacial score (nSPS) is 13.6. The van der Waals surface area contributed by atoms with Crippen LogP contribution in [0.15, 0.2) is 60.8 Å². The van der Waals surface area contributed by atoms with Crippen molar-refractivity contribution in [3.05, 3.63) is 77.9 Å². The first-order valence-electron chi connectivity index (χ1n) is 7.87. The van der Waals surface area contributed by atoms with Crippen LogP contribution < -0.4 is 0 Å². The van der Waals surface area contributed by atoms with E-state index in [1.165, 1.54) is 12.1 Å². The molecule has 0 atom stereocenters. The van der Waals surface area contributed by atoms with Gasteiger partial charge in [-0.1, -0.05) is 30.3 Å². The van der Waals surface area contributed by atoms with Gasteiger partial charge in [0.05, 0.1) is 25.0 Å². The number of halogens is 1. The molecule has 0 aliphatic carbocycles. The van der Waals surface area contributed by atoms with Crippen LogP contribution in [-0.2, 0) is 13.1 Å². The molecule has 0 fully saturated rings. The lowest BCUT2D eigenvalue weighted by Crippen LogP contribution is -2.38. The van der Waals surface area contributed by atoms with E-state index in [2.05, 4.69) is 5.10 Å². The third-order valence-electron chi connectivity index (χ3n) is 4.33. The van der Waals surface area contributed by atoms with E-state index < -0.39 is 0 Å². The maximum absolute atomic E-state index is 13.1. The summed E-state index contributed by atoms with van der Waals surface area (Å²) < 4.78 is 15.1. The molecule has 1 aliphatic rings. The lowest BCUT2D eigenvalue weighted by atomic mass is 10.0. The van der Waals surface area contributed by atoms with Crippen molar-refractivity contribution in [1.29, 1.82) is 0 Å². The molecular formula is C19H16FN3O. The summed E-state index contributed by atoms with van der Waals surface area (Å²) in [6.07, 6.45) is 1.79. The van der Waals surface area contributed by atoms with Gasteiger partial charge >= 0.3 is 0 Å². The summed E-state index contributed by atoms with van der Waals surface area (Å²) in [4.78, 5) is 14.5. The maximum Gasteiger partial charge on any atom is 0.254 e. The third-order valence-corrected chi connectivity index (χ3v) is 4.33. The number of aromatic nitrogens is 2. The van der Waals surface area contributed by atoms with Crippen molar-refractivity contribution < 1.29 is 9.18 Å². The lowest BCUT2D eigenvalue weighted by molar-refractivity contribution is 0.0706. The van der Waals surface area contributed by atoms with Crippen molar-refractivity contribution in [3.8, 4) is 11.1 Å². The average molecular weight is 321 g/mol. The van der Waals surface area contributed by atoms with Gasteiger partial charge in [0.15, 0.2) is 0 Å². The number of nitrogens with zero attached hydrogens (tertiary/aromatic N) is 3. The van der Waals surface area contributed by atoms with E-state index >= 15 is 0 Å². The number of hydrogen-bond acceptors (Lipinski definition) is 2. The zero-order chi connectivity index (χ0) is 16.5. The molecule has 1 aromatic heterocycles. The van der Waals surface area contributed by atoms with Crippen LogP contribution in [0, 0.1) is 5.82 Å². The first-order chi connectivity index (χ1) is 11.7. The summed E-state index contributed by atoms with van der Waals surface area (Å²) in [6, 6.07) is 15.6. The SMILES string of the molecule is O=C(c1ccccc1)N1CCn2ncc(-c3ccc(F)cc3)c2C1. The molecule has 24 heavy (non-hydrogen) atoms. The molecule has 4 nitrogen and oxygen atoms in total. The Kier molecular flexibility index (Phi) is 3.61. The van der Waals surface area contributed by atoms with Gasteiger partial charge in [0, 0.05) is 17.7 Å². The fraction of sp³-hybridized carbons (Fsp3) is 0.158. The molecule has 5 heteroatoms. The Morgan fingerprint density at radius 3 is 2.50 bits per heavy atom. The van der Waals surface area contributed by atoms with Crippen LogP contribution in [0.1, 0.15) is 16.1 Å². The molecule has 0 saturated carbocycles. The van der Waals surface area contributed by atoms with Crippen molar-refractivity contribution in [3.63, 3.8) is 0 Å². The highest BCUT2D eigenvalue weighted by Gasteiger charge is 2.25. The summed E-state index contributed by atoms with van der Waals surface area (Å²) in [6.45, 7) is 1.79. The van der Waals surface area contributed by atoms with Gasteiger partial charge in [0.1, 0.15) is 5.82 Å². The van der Waals surface area contributed by atoms with E-state index in [1.54, 1.807) is 18.3 Å². The maximum atomic E-state index is 13.1. The van der Waals surface area contributed by atoms with E-state index in [9.17, 15) is 9.18 Å². The molecule has 120 valence electrons. The van der Waals surface area contributed by atoms with Crippen molar-refractivity contribution in [2.24, 2.45) is 0 Å². The largest absolute Gasteiger partial charge is 0.331 e. The second kappa shape index (κ2) is 5.92. The Labute approximate surface area is 139 Å². The van der Waals surface area contributed by atoms with Gasteiger partial charge in [-0.2, -0.15) is 5.10 Å². The molecule has 0 bridgehead atoms. The topological polar surface area (TPSA) is 38.1 Å². The van der Waals surface area contributed by atoms with Crippen LogP contribution in [0.25, 0.3) is 11.1 Å². The molecule has 3 aromatic rings. The number of fused-ring (bicyclic) bond motifs is 1. The fourth-order valence-corrected chi connectivity index (χ4v) is 3.05. The van der Waals surface area contributed by atoms with Crippen molar-refractivity contribution in [2.45, 2.75) is 13.1 Å². The minimum Gasteiger partial charge on any atom is -0.331 e. The van der Waals surface area contributed by atoms with E-state index in [4.69, 9.17) is 0 Å². The number of carbonyl (C=O) groups is 1. The predicted molar refractivity (Wildman–Crippen MR) is 88.8 cm³/mol. The zero-order valence-corrected chi connectivity index (χ0v) is 13.0. The Morgan fingerprint density at radius 1 is 1.00 bits per heavy atom. The molecule has 2 aromatic carbocycles. The summed E-state index contributed by atoms with van der Waals surface area (Å²) >= 11 is 0. The lowest BCUT2D eigenvalue weighted by Gasteiger charge is -2.28. The minimum absolute atomic E-state index is 0.0214. The highest BCUT2D eigenvalue weighted by Crippen LogP contribution is 2.27. The van der Waals surface area contributed by atoms with Gasteiger partial charge in [-0.3, -0.25) is 9.48 Å². The predicted octanol–water partition coefficient (Wildman–Crippen LogP) is 3.35. The Morgan fingerprint density at radius 2 is 1.75 bits per heavy atom. The van der Waals surface area contributed by atoms with Crippen molar-refractivity contribution >= 4 is 5.91 Å². The van der Waals surface area contributed by atoms with Gasteiger partial charge in [-0.25, -0.2) is 4.39 Å². The molecular weight excluding hydrogens is 305 g/mol. The number of amides is 1. The Bertz CT molecular complexity index is 871. The minimum atomic E-state index is -0.263. The Balaban J connectivity index is 1.64. The number of benzene rings is 2. The van der Waals surface area contributed by atoms with E-state index in [0.717, 1.165) is 16.8 Å². The van der Waals surface area contributed by atoms with Crippen LogP contribution in [0.2, 0.25) is 0 Å². The van der Waals surface area contributed by atoms with Gasteiger partial charge in [-0.05, 0) is 29.8 Å². The molecule has 0 unspecified atom stereocenters. The second-order valence-corrected chi connectivity index (χ2v) is 5.83. The van der Waals surface area contributed by atoms with E-state index in [0.29, 0.717) is 25.2 Å². The molecule has 4 rings (SSSR count). The zero-order valence-electron chi connectivity index (χ0n) is 13.0. The second-order valence-electron chi connectivity index (χ2n) is 5.83. The highest BCUT2D eigenvalue weighted by molar-refractivity contribution is 5.94. The van der Waals surface area contributed by atoms with E-state index in [1.807, 2.05) is 39.9 Å². The quantitative estimate of drug-likeness (QED) is 0.726. The summed E-state index contributed by atoms with van der Waals surface area (Å²) in [5, 5.41) is 4.41. The van der Waals surface area contributed by atoms with Crippen molar-refractivity contribution in [1.82, 2.24) is 14.7 Å². The summed E-state index contributed by atoms with van der Waals surface area (Å²) in [5.41, 5.74) is 3.53. The molecule has 0 N–H and O–H groups in total. The van der Waals surface area contributed by atoms with Gasteiger partial charge in [-0.15, -0.1) is 0 Å². The summed E-state index contributed by atoms with van der Waals surface area (Å²) in [7, 11) is 0. The van der Waals surface area contributed by atoms with Gasteiger partial charge in [0.2, 0.25) is 0 Å². The molecule has 0 spiro atoms. The first kappa shape index (κ1) is 14.6. The fourth-order valence-electron chi connectivity index (χ4n) is 3.05. The summed E-state index contributed by atoms with van der Waals surface area (Å²) in [5.74, 6) is -0.242. The number of hydrogen-bond donors (Lipinski definition) is 0. The van der Waals surface area contributed by atoms with E-state index in [-0.39, 0.29) is 11.7 Å². The highest BCUT2D eigenvalue weighted by atomic mass is 19.1.